The molecule has 5 nitrogen and oxygen atoms in total. The van der Waals surface area contributed by atoms with Gasteiger partial charge in [-0.05, 0) is 40.7 Å². The zero-order valence-corrected chi connectivity index (χ0v) is 17.5. The maximum absolute atomic E-state index is 6.05. The van der Waals surface area contributed by atoms with Crippen LogP contribution in [0.1, 0.15) is 41.9 Å². The fourth-order valence-corrected chi connectivity index (χ4v) is 3.52. The fraction of sp³-hybridized carbons (Fsp3) is 0.500. The molecule has 0 aliphatic carbocycles. The number of ether oxygens (including phenoxy) is 1. The van der Waals surface area contributed by atoms with Crippen molar-refractivity contribution in [3.63, 3.8) is 0 Å². The van der Waals surface area contributed by atoms with Crippen molar-refractivity contribution in [2.75, 3.05) is 13.6 Å². The lowest BCUT2D eigenvalue weighted by atomic mass is 10.1. The van der Waals surface area contributed by atoms with Crippen LogP contribution in [0.25, 0.3) is 0 Å². The fourth-order valence-electron chi connectivity index (χ4n) is 2.58. The Kier molecular flexibility index (Phi) is 7.03. The third-order valence-electron chi connectivity index (χ3n) is 3.70. The summed E-state index contributed by atoms with van der Waals surface area (Å²) in [5.74, 6) is 1.69. The van der Waals surface area contributed by atoms with Crippen molar-refractivity contribution in [1.82, 2.24) is 15.6 Å². The first-order chi connectivity index (χ1) is 12.3. The summed E-state index contributed by atoms with van der Waals surface area (Å²) in [7, 11) is 1.79. The minimum Gasteiger partial charge on any atom is -0.488 e. The highest BCUT2D eigenvalue weighted by atomic mass is 32.1. The SMILES string of the molecule is CN=C(NCCc1sc(C)nc1C)NCc1ccccc1OC(C)(C)C. The Morgan fingerprint density at radius 3 is 2.54 bits per heavy atom. The van der Waals surface area contributed by atoms with Crippen LogP contribution in [0.4, 0.5) is 0 Å². The van der Waals surface area contributed by atoms with Crippen molar-refractivity contribution in [3.05, 3.63) is 45.4 Å². The number of rotatable bonds is 6. The third kappa shape index (κ3) is 6.33. The molecule has 0 atom stereocenters. The zero-order valence-electron chi connectivity index (χ0n) is 16.6. The average molecular weight is 375 g/mol. The van der Waals surface area contributed by atoms with E-state index in [2.05, 4.69) is 54.4 Å². The molecule has 1 aromatic heterocycles. The first-order valence-corrected chi connectivity index (χ1v) is 9.74. The van der Waals surface area contributed by atoms with Gasteiger partial charge in [-0.15, -0.1) is 11.3 Å². The molecule has 0 bridgehead atoms. The van der Waals surface area contributed by atoms with E-state index in [9.17, 15) is 0 Å². The van der Waals surface area contributed by atoms with Gasteiger partial charge in [-0.2, -0.15) is 0 Å². The van der Waals surface area contributed by atoms with E-state index < -0.39 is 0 Å². The van der Waals surface area contributed by atoms with Gasteiger partial charge in [-0.3, -0.25) is 4.99 Å². The number of nitrogens with one attached hydrogen (secondary N) is 2. The molecule has 1 aromatic carbocycles. The van der Waals surface area contributed by atoms with Crippen molar-refractivity contribution < 1.29 is 4.74 Å². The predicted octanol–water partition coefficient (Wildman–Crippen LogP) is 3.84. The first kappa shape index (κ1) is 20.2. The lowest BCUT2D eigenvalue weighted by Gasteiger charge is -2.23. The van der Waals surface area contributed by atoms with Gasteiger partial charge in [0.05, 0.1) is 10.7 Å². The Bertz CT molecular complexity index is 747. The number of nitrogens with zero attached hydrogens (tertiary/aromatic N) is 2. The summed E-state index contributed by atoms with van der Waals surface area (Å²) < 4.78 is 6.05. The van der Waals surface area contributed by atoms with Gasteiger partial charge in [0, 0.05) is 37.0 Å². The van der Waals surface area contributed by atoms with Gasteiger partial charge in [0.15, 0.2) is 5.96 Å². The van der Waals surface area contributed by atoms with E-state index in [4.69, 9.17) is 4.74 Å². The summed E-state index contributed by atoms with van der Waals surface area (Å²) in [5, 5.41) is 7.85. The van der Waals surface area contributed by atoms with E-state index in [1.807, 2.05) is 25.1 Å². The standard InChI is InChI=1S/C20H30N4OS/c1-14-18(26-15(2)24-14)11-12-22-19(21-6)23-13-16-9-7-8-10-17(16)25-20(3,4)5/h7-10H,11-13H2,1-6H3,(H2,21,22,23). The lowest BCUT2D eigenvalue weighted by Crippen LogP contribution is -2.38. The second-order valence-corrected chi connectivity index (χ2v) is 8.45. The monoisotopic (exact) mass is 374 g/mol. The lowest BCUT2D eigenvalue weighted by molar-refractivity contribution is 0.129. The summed E-state index contributed by atoms with van der Waals surface area (Å²) in [4.78, 5) is 10.1. The second-order valence-electron chi connectivity index (χ2n) is 7.17. The molecule has 2 rings (SSSR count). The number of aliphatic imine (C=N–C) groups is 1. The molecule has 2 N–H and O–H groups in total. The Labute approximate surface area is 160 Å². The number of hydrogen-bond acceptors (Lipinski definition) is 4. The molecular weight excluding hydrogens is 344 g/mol. The van der Waals surface area contributed by atoms with Gasteiger partial charge in [-0.1, -0.05) is 18.2 Å². The van der Waals surface area contributed by atoms with Gasteiger partial charge in [-0.25, -0.2) is 4.98 Å². The number of benzene rings is 1. The van der Waals surface area contributed by atoms with Crippen molar-refractivity contribution in [2.45, 2.75) is 53.2 Å². The minimum atomic E-state index is -0.221. The van der Waals surface area contributed by atoms with Crippen LogP contribution in [0.2, 0.25) is 0 Å². The summed E-state index contributed by atoms with van der Waals surface area (Å²) in [6.07, 6.45) is 0.946. The predicted molar refractivity (Wildman–Crippen MR) is 110 cm³/mol. The largest absolute Gasteiger partial charge is 0.488 e. The number of para-hydroxylation sites is 1. The molecule has 0 aliphatic heterocycles. The van der Waals surface area contributed by atoms with E-state index >= 15 is 0 Å². The summed E-state index contributed by atoms with van der Waals surface area (Å²) in [5.41, 5.74) is 2.02. The normalized spacial score (nSPS) is 12.2. The summed E-state index contributed by atoms with van der Waals surface area (Å²) in [6, 6.07) is 8.10. The van der Waals surface area contributed by atoms with Gasteiger partial charge in [0.25, 0.3) is 0 Å². The van der Waals surface area contributed by atoms with Crippen molar-refractivity contribution in [1.29, 1.82) is 0 Å². The van der Waals surface area contributed by atoms with Crippen LogP contribution < -0.4 is 15.4 Å². The molecule has 0 radical (unpaired) electrons. The van der Waals surface area contributed by atoms with Crippen LogP contribution in [0, 0.1) is 13.8 Å². The Morgan fingerprint density at radius 1 is 1.19 bits per heavy atom. The molecule has 0 aliphatic rings. The van der Waals surface area contributed by atoms with E-state index in [1.165, 1.54) is 4.88 Å². The highest BCUT2D eigenvalue weighted by Gasteiger charge is 2.14. The molecule has 2 aromatic rings. The molecule has 142 valence electrons. The van der Waals surface area contributed by atoms with Gasteiger partial charge in [0.2, 0.25) is 0 Å². The number of guanidine groups is 1. The molecule has 0 fully saturated rings. The number of thiazole rings is 1. The minimum absolute atomic E-state index is 0.221. The smallest absolute Gasteiger partial charge is 0.191 e. The molecule has 6 heteroatoms. The molecule has 0 unspecified atom stereocenters. The first-order valence-electron chi connectivity index (χ1n) is 8.93. The summed E-state index contributed by atoms with van der Waals surface area (Å²) >= 11 is 1.76. The second kappa shape index (κ2) is 9.03. The third-order valence-corrected chi connectivity index (χ3v) is 4.84. The number of aryl methyl sites for hydroxylation is 2. The number of hydrogen-bond donors (Lipinski definition) is 2. The van der Waals surface area contributed by atoms with Gasteiger partial charge >= 0.3 is 0 Å². The van der Waals surface area contributed by atoms with Crippen molar-refractivity contribution in [3.8, 4) is 5.75 Å². The maximum Gasteiger partial charge on any atom is 0.191 e. The molecular formula is C20H30N4OS. The van der Waals surface area contributed by atoms with E-state index in [0.717, 1.165) is 40.9 Å². The highest BCUT2D eigenvalue weighted by Crippen LogP contribution is 2.22. The van der Waals surface area contributed by atoms with Crippen LogP contribution in [0.5, 0.6) is 5.75 Å². The van der Waals surface area contributed by atoms with Gasteiger partial charge < -0.3 is 15.4 Å². The quantitative estimate of drug-likeness (QED) is 0.596. The molecule has 1 heterocycles. The summed E-state index contributed by atoms with van der Waals surface area (Å²) in [6.45, 7) is 11.8. The van der Waals surface area contributed by atoms with Crippen LogP contribution >= 0.6 is 11.3 Å². The van der Waals surface area contributed by atoms with E-state index in [-0.39, 0.29) is 5.60 Å². The Morgan fingerprint density at radius 2 is 1.92 bits per heavy atom. The van der Waals surface area contributed by atoms with Crippen LogP contribution in [-0.4, -0.2) is 30.1 Å². The number of aromatic nitrogens is 1. The molecule has 0 spiro atoms. The Hall–Kier alpha value is -2.08. The molecule has 26 heavy (non-hydrogen) atoms. The Balaban J connectivity index is 1.88. The van der Waals surface area contributed by atoms with Crippen LogP contribution in [0.3, 0.4) is 0 Å². The van der Waals surface area contributed by atoms with Gasteiger partial charge in [0.1, 0.15) is 11.4 Å². The zero-order chi connectivity index (χ0) is 19.2. The molecule has 0 saturated heterocycles. The van der Waals surface area contributed by atoms with Crippen LogP contribution in [0.15, 0.2) is 29.3 Å². The topological polar surface area (TPSA) is 58.5 Å². The molecule has 0 saturated carbocycles. The molecule has 0 amide bonds. The van der Waals surface area contributed by atoms with E-state index in [0.29, 0.717) is 6.54 Å². The van der Waals surface area contributed by atoms with E-state index in [1.54, 1.807) is 18.4 Å². The van der Waals surface area contributed by atoms with Crippen molar-refractivity contribution in [2.24, 2.45) is 4.99 Å². The highest BCUT2D eigenvalue weighted by molar-refractivity contribution is 7.11. The van der Waals surface area contributed by atoms with Crippen molar-refractivity contribution >= 4 is 17.3 Å². The van der Waals surface area contributed by atoms with Crippen LogP contribution in [-0.2, 0) is 13.0 Å². The maximum atomic E-state index is 6.05. The average Bonchev–Trinajstić information content (AvgIpc) is 2.88.